The standard InChI is InChI=1S/C36H62O8.C3H8O.2H2O/c1-20(2)10-9-14-36(8,44-31-30(42)29(41)28(40)23(19-37)43-31)21-11-16-35(7)27(21)22(38)18-25-33(5)15-13-26(39)32(3,4)24(33)12-17-34(25,35)6;1-3(2)4;;/h10,21-31,37-42H,9,11-19H2,1-8H3;3-4H,1-2H3;2*1H2/t21-,22+,23+,24-,25+,26-,27-,28+,29-,30+,31-,33-,34+,35+,36-;;;/m0.../s1. The maximum absolute atomic E-state index is 12.2. The second-order valence-electron chi connectivity index (χ2n) is 18.4. The molecule has 0 aromatic carbocycles. The van der Waals surface area contributed by atoms with E-state index in [0.717, 1.165) is 51.4 Å². The van der Waals surface area contributed by atoms with Gasteiger partial charge in [0, 0.05) is 6.10 Å². The molecule has 50 heavy (non-hydrogen) atoms. The van der Waals surface area contributed by atoms with Crippen LogP contribution in [0, 0.1) is 45.3 Å². The molecule has 5 aliphatic rings. The fourth-order valence-corrected chi connectivity index (χ4v) is 11.8. The van der Waals surface area contributed by atoms with Crippen molar-refractivity contribution in [1.29, 1.82) is 0 Å². The highest BCUT2D eigenvalue weighted by molar-refractivity contribution is 5.20. The maximum Gasteiger partial charge on any atom is 0.187 e. The molecule has 0 amide bonds. The van der Waals surface area contributed by atoms with Crippen molar-refractivity contribution in [3.05, 3.63) is 11.6 Å². The van der Waals surface area contributed by atoms with Gasteiger partial charge in [-0.25, -0.2) is 0 Å². The van der Waals surface area contributed by atoms with Crippen LogP contribution >= 0.6 is 0 Å². The van der Waals surface area contributed by atoms with Gasteiger partial charge in [-0.15, -0.1) is 0 Å². The first-order chi connectivity index (χ1) is 22.1. The van der Waals surface area contributed by atoms with Crippen LogP contribution < -0.4 is 0 Å². The van der Waals surface area contributed by atoms with Gasteiger partial charge < -0.3 is 56.2 Å². The van der Waals surface area contributed by atoms with Crippen molar-refractivity contribution in [1.82, 2.24) is 0 Å². The van der Waals surface area contributed by atoms with Gasteiger partial charge in [0.1, 0.15) is 24.4 Å². The van der Waals surface area contributed by atoms with Crippen molar-refractivity contribution in [3.63, 3.8) is 0 Å². The Balaban J connectivity index is 0.00000137. The van der Waals surface area contributed by atoms with Gasteiger partial charge in [-0.2, -0.15) is 0 Å². The van der Waals surface area contributed by atoms with Crippen LogP contribution in [-0.4, -0.2) is 108 Å². The Morgan fingerprint density at radius 1 is 0.860 bits per heavy atom. The van der Waals surface area contributed by atoms with Crippen molar-refractivity contribution in [2.24, 2.45) is 45.3 Å². The van der Waals surface area contributed by atoms with E-state index in [1.807, 2.05) is 0 Å². The minimum absolute atomic E-state index is 0. The predicted octanol–water partition coefficient (Wildman–Crippen LogP) is 3.06. The third-order valence-corrected chi connectivity index (χ3v) is 14.6. The second-order valence-corrected chi connectivity index (χ2v) is 18.4. The normalized spacial score (nSPS) is 46.0. The van der Waals surface area contributed by atoms with E-state index in [0.29, 0.717) is 18.3 Å². The fourth-order valence-electron chi connectivity index (χ4n) is 11.8. The SMILES string of the molecule is CC(C)=CCC[C@](C)(O[C@@H]1O[C@H](CO)[C@@H](O)[C@H](O)[C@H]1O)[C@H]1CC[C@]2(C)[C@@H]1[C@H](O)C[C@@H]1[C@@]3(C)CC[C@H](O)C(C)(C)[C@@H]3CC[C@]12C.CC(C)O.O.O. The zero-order chi connectivity index (χ0) is 36.2. The molecule has 0 spiro atoms. The third kappa shape index (κ3) is 7.76. The molecule has 5 rings (SSSR count). The second kappa shape index (κ2) is 16.3. The molecule has 1 saturated heterocycles. The van der Waals surface area contributed by atoms with Crippen LogP contribution in [0.2, 0.25) is 0 Å². The summed E-state index contributed by atoms with van der Waals surface area (Å²) in [6.07, 6.45) is 2.44. The lowest BCUT2D eigenvalue weighted by atomic mass is 9.35. The van der Waals surface area contributed by atoms with Crippen LogP contribution in [0.15, 0.2) is 11.6 Å². The molecular weight excluding hydrogens is 644 g/mol. The molecule has 4 saturated carbocycles. The Morgan fingerprint density at radius 2 is 1.44 bits per heavy atom. The molecule has 11 nitrogen and oxygen atoms in total. The largest absolute Gasteiger partial charge is 0.412 e. The first kappa shape index (κ1) is 45.5. The van der Waals surface area contributed by atoms with E-state index in [2.05, 4.69) is 61.5 Å². The summed E-state index contributed by atoms with van der Waals surface area (Å²) in [7, 11) is 0. The van der Waals surface area contributed by atoms with Crippen molar-refractivity contribution in [3.8, 4) is 0 Å². The zero-order valence-electron chi connectivity index (χ0n) is 32.5. The van der Waals surface area contributed by atoms with Gasteiger partial charge in [-0.1, -0.05) is 46.3 Å². The topological polar surface area (TPSA) is 223 Å². The number of ether oxygens (including phenoxy) is 2. The summed E-state index contributed by atoms with van der Waals surface area (Å²) >= 11 is 0. The quantitative estimate of drug-likeness (QED) is 0.192. The van der Waals surface area contributed by atoms with Gasteiger partial charge in [-0.3, -0.25) is 0 Å². The van der Waals surface area contributed by atoms with Crippen molar-refractivity contribution in [2.45, 2.75) is 182 Å². The van der Waals surface area contributed by atoms with Gasteiger partial charge in [0.05, 0.1) is 24.4 Å². The van der Waals surface area contributed by atoms with Crippen molar-refractivity contribution < 1.29 is 56.2 Å². The molecule has 5 fully saturated rings. The Bertz CT molecular complexity index is 1120. The number of aliphatic hydroxyl groups excluding tert-OH is 7. The molecule has 0 unspecified atom stereocenters. The molecule has 0 radical (unpaired) electrons. The van der Waals surface area contributed by atoms with Crippen LogP contribution in [-0.2, 0) is 9.47 Å². The van der Waals surface area contributed by atoms with E-state index in [1.165, 1.54) is 5.57 Å². The summed E-state index contributed by atoms with van der Waals surface area (Å²) in [5.74, 6) is 0.713. The minimum Gasteiger partial charge on any atom is -0.412 e. The maximum atomic E-state index is 12.2. The lowest BCUT2D eigenvalue weighted by Gasteiger charge is -2.70. The molecule has 11 N–H and O–H groups in total. The average molecular weight is 719 g/mol. The monoisotopic (exact) mass is 719 g/mol. The lowest BCUT2D eigenvalue weighted by molar-refractivity contribution is -0.336. The van der Waals surface area contributed by atoms with E-state index in [1.54, 1.807) is 13.8 Å². The zero-order valence-corrected chi connectivity index (χ0v) is 32.5. The van der Waals surface area contributed by atoms with E-state index >= 15 is 0 Å². The average Bonchev–Trinajstić information content (AvgIpc) is 3.37. The van der Waals surface area contributed by atoms with Gasteiger partial charge in [0.15, 0.2) is 6.29 Å². The lowest BCUT2D eigenvalue weighted by Crippen LogP contribution is -2.67. The summed E-state index contributed by atoms with van der Waals surface area (Å²) in [6.45, 7) is 21.0. The molecule has 0 aromatic rings. The molecule has 296 valence electrons. The van der Waals surface area contributed by atoms with Crippen molar-refractivity contribution >= 4 is 0 Å². The highest BCUT2D eigenvalue weighted by atomic mass is 16.7. The van der Waals surface area contributed by atoms with E-state index in [4.69, 9.17) is 14.6 Å². The smallest absolute Gasteiger partial charge is 0.187 e. The number of hydrogen-bond acceptors (Lipinski definition) is 9. The summed E-state index contributed by atoms with van der Waals surface area (Å²) < 4.78 is 12.6. The molecule has 15 atom stereocenters. The highest BCUT2D eigenvalue weighted by Crippen LogP contribution is 2.76. The van der Waals surface area contributed by atoms with Crippen LogP contribution in [0.1, 0.15) is 127 Å². The number of fused-ring (bicyclic) bond motifs is 5. The van der Waals surface area contributed by atoms with Gasteiger partial charge in [0.25, 0.3) is 0 Å². The molecule has 4 aliphatic carbocycles. The number of allylic oxidation sites excluding steroid dienone is 2. The van der Waals surface area contributed by atoms with Crippen LogP contribution in [0.5, 0.6) is 0 Å². The van der Waals surface area contributed by atoms with Crippen LogP contribution in [0.25, 0.3) is 0 Å². The van der Waals surface area contributed by atoms with Gasteiger partial charge >= 0.3 is 0 Å². The molecule has 11 heteroatoms. The predicted molar refractivity (Wildman–Crippen MR) is 193 cm³/mol. The van der Waals surface area contributed by atoms with Gasteiger partial charge in [-0.05, 0) is 138 Å². The number of hydrogen-bond donors (Lipinski definition) is 7. The number of aliphatic hydroxyl groups is 7. The summed E-state index contributed by atoms with van der Waals surface area (Å²) in [6, 6.07) is 0. The van der Waals surface area contributed by atoms with E-state index < -0.39 is 49.0 Å². The molecule has 1 heterocycles. The summed E-state index contributed by atoms with van der Waals surface area (Å²) in [5.41, 5.74) is 0.171. The van der Waals surface area contributed by atoms with Crippen LogP contribution in [0.4, 0.5) is 0 Å². The Morgan fingerprint density at radius 3 is 2.00 bits per heavy atom. The van der Waals surface area contributed by atoms with E-state index in [9.17, 15) is 30.6 Å². The first-order valence-electron chi connectivity index (χ1n) is 18.8. The minimum atomic E-state index is -1.50. The third-order valence-electron chi connectivity index (χ3n) is 14.6. The molecule has 0 bridgehead atoms. The Kier molecular flexibility index (Phi) is 14.9. The van der Waals surface area contributed by atoms with Gasteiger partial charge in [0.2, 0.25) is 0 Å². The Labute approximate surface area is 301 Å². The first-order valence-corrected chi connectivity index (χ1v) is 18.8. The highest BCUT2D eigenvalue weighted by Gasteiger charge is 2.71. The Hall–Kier alpha value is -0.700. The molecule has 0 aromatic heterocycles. The van der Waals surface area contributed by atoms with Crippen LogP contribution in [0.3, 0.4) is 0 Å². The number of rotatable bonds is 7. The summed E-state index contributed by atoms with van der Waals surface area (Å²) in [5, 5.41) is 73.0. The fraction of sp³-hybridized carbons (Fsp3) is 0.949. The summed E-state index contributed by atoms with van der Waals surface area (Å²) in [4.78, 5) is 0. The molecular formula is C39H74O11. The van der Waals surface area contributed by atoms with Crippen molar-refractivity contribution in [2.75, 3.05) is 6.61 Å². The molecule has 1 aliphatic heterocycles. The van der Waals surface area contributed by atoms with E-state index in [-0.39, 0.29) is 56.7 Å².